The molecule has 0 unspecified atom stereocenters. The summed E-state index contributed by atoms with van der Waals surface area (Å²) >= 11 is 0. The lowest BCUT2D eigenvalue weighted by Crippen LogP contribution is -2.09. The highest BCUT2D eigenvalue weighted by molar-refractivity contribution is 5.98. The molecule has 29 heavy (non-hydrogen) atoms. The zero-order valence-electron chi connectivity index (χ0n) is 16.9. The SMILES string of the molecule is CCCNc1cc(-c2ccc3c(c2)cc(C(=O)OCC)n3C)nc2ccncc12. The predicted octanol–water partition coefficient (Wildman–Crippen LogP) is 4.79. The van der Waals surface area contributed by atoms with Crippen molar-refractivity contribution in [2.24, 2.45) is 7.05 Å². The molecule has 0 amide bonds. The van der Waals surface area contributed by atoms with Crippen molar-refractivity contribution < 1.29 is 9.53 Å². The number of carbonyl (C=O) groups excluding carboxylic acids is 1. The normalized spacial score (nSPS) is 11.1. The van der Waals surface area contributed by atoms with E-state index >= 15 is 0 Å². The van der Waals surface area contributed by atoms with Gasteiger partial charge in [-0.15, -0.1) is 0 Å². The average molecular weight is 388 g/mol. The summed E-state index contributed by atoms with van der Waals surface area (Å²) in [6.07, 6.45) is 4.64. The van der Waals surface area contributed by atoms with Gasteiger partial charge in [-0.25, -0.2) is 9.78 Å². The van der Waals surface area contributed by atoms with Gasteiger partial charge in [-0.3, -0.25) is 4.98 Å². The second-order valence-corrected chi connectivity index (χ2v) is 6.96. The topological polar surface area (TPSA) is 69.0 Å². The Labute approximate surface area is 169 Å². The molecule has 0 saturated heterocycles. The van der Waals surface area contributed by atoms with Crippen LogP contribution in [-0.2, 0) is 11.8 Å². The van der Waals surface area contributed by atoms with Gasteiger partial charge in [0.2, 0.25) is 0 Å². The Kier molecular flexibility index (Phi) is 5.16. The molecule has 0 saturated carbocycles. The van der Waals surface area contributed by atoms with Gasteiger partial charge in [0.25, 0.3) is 0 Å². The van der Waals surface area contributed by atoms with E-state index in [0.29, 0.717) is 12.3 Å². The number of hydrogen-bond donors (Lipinski definition) is 1. The number of fused-ring (bicyclic) bond motifs is 2. The van der Waals surface area contributed by atoms with Crippen molar-refractivity contribution in [3.8, 4) is 11.3 Å². The third-order valence-electron chi connectivity index (χ3n) is 5.00. The standard InChI is InChI=1S/C23H24N4O2/c1-4-9-25-20-13-19(26-18-8-10-24-14-17(18)20)15-6-7-21-16(11-15)12-22(27(21)3)23(28)29-5-2/h6-8,10-14H,4-5,9H2,1-3H3,(H,25,26). The summed E-state index contributed by atoms with van der Waals surface area (Å²) in [4.78, 5) is 21.3. The summed E-state index contributed by atoms with van der Waals surface area (Å²) < 4.78 is 7.03. The highest BCUT2D eigenvalue weighted by Gasteiger charge is 2.15. The van der Waals surface area contributed by atoms with Gasteiger partial charge in [0.05, 0.1) is 17.8 Å². The Morgan fingerprint density at radius 3 is 2.83 bits per heavy atom. The van der Waals surface area contributed by atoms with Crippen LogP contribution in [0.2, 0.25) is 0 Å². The number of pyridine rings is 2. The Hall–Kier alpha value is -3.41. The van der Waals surface area contributed by atoms with Crippen molar-refractivity contribution in [2.45, 2.75) is 20.3 Å². The van der Waals surface area contributed by atoms with Gasteiger partial charge in [0.1, 0.15) is 5.69 Å². The average Bonchev–Trinajstić information content (AvgIpc) is 3.08. The first-order chi connectivity index (χ1) is 14.1. The second kappa shape index (κ2) is 7.91. The van der Waals surface area contributed by atoms with E-state index in [1.165, 1.54) is 0 Å². The molecule has 148 valence electrons. The highest BCUT2D eigenvalue weighted by atomic mass is 16.5. The maximum absolute atomic E-state index is 12.2. The Bertz CT molecular complexity index is 1200. The fourth-order valence-electron chi connectivity index (χ4n) is 3.53. The van der Waals surface area contributed by atoms with Gasteiger partial charge in [-0.1, -0.05) is 13.0 Å². The molecule has 6 heteroatoms. The number of carbonyl (C=O) groups is 1. The van der Waals surface area contributed by atoms with Crippen LogP contribution in [0.1, 0.15) is 30.8 Å². The summed E-state index contributed by atoms with van der Waals surface area (Å²) in [6, 6.07) is 12.0. The van der Waals surface area contributed by atoms with E-state index in [1.807, 2.05) is 49.0 Å². The molecule has 0 bridgehead atoms. The largest absolute Gasteiger partial charge is 0.461 e. The Balaban J connectivity index is 1.81. The molecule has 0 aliphatic rings. The molecule has 0 atom stereocenters. The number of aromatic nitrogens is 3. The van der Waals surface area contributed by atoms with E-state index in [4.69, 9.17) is 9.72 Å². The molecular formula is C23H24N4O2. The number of ether oxygens (including phenoxy) is 1. The molecule has 0 aliphatic carbocycles. The molecule has 0 fully saturated rings. The predicted molar refractivity (Wildman–Crippen MR) is 116 cm³/mol. The summed E-state index contributed by atoms with van der Waals surface area (Å²) in [5, 5.41) is 5.47. The molecule has 1 aromatic carbocycles. The van der Waals surface area contributed by atoms with Crippen LogP contribution in [-0.4, -0.2) is 33.7 Å². The number of aryl methyl sites for hydroxylation is 1. The van der Waals surface area contributed by atoms with Gasteiger partial charge in [-0.2, -0.15) is 0 Å². The highest BCUT2D eigenvalue weighted by Crippen LogP contribution is 2.30. The van der Waals surface area contributed by atoms with Crippen LogP contribution in [0.3, 0.4) is 0 Å². The van der Waals surface area contributed by atoms with Gasteiger partial charge in [0, 0.05) is 53.5 Å². The second-order valence-electron chi connectivity index (χ2n) is 6.96. The Morgan fingerprint density at radius 2 is 2.03 bits per heavy atom. The number of anilines is 1. The van der Waals surface area contributed by atoms with E-state index < -0.39 is 0 Å². The third kappa shape index (κ3) is 3.53. The van der Waals surface area contributed by atoms with Crippen molar-refractivity contribution in [1.29, 1.82) is 0 Å². The Morgan fingerprint density at radius 1 is 1.17 bits per heavy atom. The molecule has 1 N–H and O–H groups in total. The first-order valence-electron chi connectivity index (χ1n) is 9.88. The fraction of sp³-hybridized carbons (Fsp3) is 0.261. The number of benzene rings is 1. The molecule has 3 aromatic heterocycles. The molecule has 4 aromatic rings. The lowest BCUT2D eigenvalue weighted by Gasteiger charge is -2.11. The zero-order valence-corrected chi connectivity index (χ0v) is 16.9. The lowest BCUT2D eigenvalue weighted by molar-refractivity contribution is 0.0516. The minimum Gasteiger partial charge on any atom is -0.461 e. The van der Waals surface area contributed by atoms with Crippen molar-refractivity contribution in [1.82, 2.24) is 14.5 Å². The molecular weight excluding hydrogens is 364 g/mol. The molecule has 6 nitrogen and oxygen atoms in total. The zero-order chi connectivity index (χ0) is 20.4. The van der Waals surface area contributed by atoms with Crippen LogP contribution in [0.4, 0.5) is 5.69 Å². The lowest BCUT2D eigenvalue weighted by atomic mass is 10.1. The summed E-state index contributed by atoms with van der Waals surface area (Å²) in [7, 11) is 1.88. The van der Waals surface area contributed by atoms with Gasteiger partial charge < -0.3 is 14.6 Å². The van der Waals surface area contributed by atoms with E-state index in [9.17, 15) is 4.79 Å². The number of nitrogens with one attached hydrogen (secondary N) is 1. The molecule has 0 aliphatic heterocycles. The molecule has 3 heterocycles. The fourth-order valence-corrected chi connectivity index (χ4v) is 3.53. The van der Waals surface area contributed by atoms with Crippen molar-refractivity contribution in [2.75, 3.05) is 18.5 Å². The first kappa shape index (κ1) is 18.9. The van der Waals surface area contributed by atoms with Crippen LogP contribution >= 0.6 is 0 Å². The van der Waals surface area contributed by atoms with Crippen LogP contribution in [0.5, 0.6) is 0 Å². The van der Waals surface area contributed by atoms with Crippen LogP contribution < -0.4 is 5.32 Å². The van der Waals surface area contributed by atoms with Crippen molar-refractivity contribution in [3.63, 3.8) is 0 Å². The maximum atomic E-state index is 12.2. The summed E-state index contributed by atoms with van der Waals surface area (Å²) in [5.74, 6) is -0.310. The van der Waals surface area contributed by atoms with Gasteiger partial charge in [0.15, 0.2) is 0 Å². The maximum Gasteiger partial charge on any atom is 0.354 e. The van der Waals surface area contributed by atoms with Gasteiger partial charge >= 0.3 is 5.97 Å². The molecule has 4 rings (SSSR count). The summed E-state index contributed by atoms with van der Waals surface area (Å²) in [5.41, 5.74) is 5.33. The van der Waals surface area contributed by atoms with E-state index in [-0.39, 0.29) is 5.97 Å². The van der Waals surface area contributed by atoms with Crippen LogP contribution in [0.25, 0.3) is 33.1 Å². The number of esters is 1. The number of nitrogens with zero attached hydrogens (tertiary/aromatic N) is 3. The monoisotopic (exact) mass is 388 g/mol. The van der Waals surface area contributed by atoms with Crippen LogP contribution in [0.15, 0.2) is 48.8 Å². The van der Waals surface area contributed by atoms with Crippen molar-refractivity contribution in [3.05, 3.63) is 54.5 Å². The molecule has 0 radical (unpaired) electrons. The number of hydrogen-bond acceptors (Lipinski definition) is 5. The van der Waals surface area contributed by atoms with Crippen LogP contribution in [0, 0.1) is 0 Å². The van der Waals surface area contributed by atoms with Crippen molar-refractivity contribution >= 4 is 33.5 Å². The minimum atomic E-state index is -0.310. The molecule has 0 spiro atoms. The quantitative estimate of drug-likeness (QED) is 0.481. The van der Waals surface area contributed by atoms with E-state index in [0.717, 1.165) is 51.7 Å². The van der Waals surface area contributed by atoms with Gasteiger partial charge in [-0.05, 0) is 43.7 Å². The third-order valence-corrected chi connectivity index (χ3v) is 5.00. The first-order valence-corrected chi connectivity index (χ1v) is 9.88. The van der Waals surface area contributed by atoms with E-state index in [1.54, 1.807) is 6.20 Å². The summed E-state index contributed by atoms with van der Waals surface area (Å²) in [6.45, 7) is 5.19. The number of rotatable bonds is 6. The van der Waals surface area contributed by atoms with E-state index in [2.05, 4.69) is 29.4 Å². The smallest absolute Gasteiger partial charge is 0.354 e. The minimum absolute atomic E-state index is 0.310.